The fourth-order valence-corrected chi connectivity index (χ4v) is 3.37. The molecule has 1 aliphatic heterocycles. The van der Waals surface area contributed by atoms with Gasteiger partial charge < -0.3 is 11.1 Å². The molecular formula is C17H22BrN3O3. The van der Waals surface area contributed by atoms with E-state index >= 15 is 0 Å². The molecule has 1 heterocycles. The Bertz CT molecular complexity index is 690. The number of hydrogen-bond donors (Lipinski definition) is 2. The van der Waals surface area contributed by atoms with E-state index in [1.54, 1.807) is 18.2 Å². The summed E-state index contributed by atoms with van der Waals surface area (Å²) in [5, 5.41) is 2.86. The number of halogens is 1. The summed E-state index contributed by atoms with van der Waals surface area (Å²) in [5.74, 6) is -0.937. The predicted molar refractivity (Wildman–Crippen MR) is 94.6 cm³/mol. The van der Waals surface area contributed by atoms with E-state index in [0.29, 0.717) is 27.9 Å². The number of nitrogens with two attached hydrogens (primary N) is 1. The number of benzene rings is 1. The molecule has 1 aromatic carbocycles. The van der Waals surface area contributed by atoms with Gasteiger partial charge in [0.05, 0.1) is 11.1 Å². The van der Waals surface area contributed by atoms with E-state index in [1.807, 2.05) is 20.8 Å². The number of nitrogens with one attached hydrogen (secondary N) is 1. The number of nitrogens with zero attached hydrogens (tertiary/aromatic N) is 1. The van der Waals surface area contributed by atoms with Crippen LogP contribution in [0, 0.1) is 5.92 Å². The molecule has 3 N–H and O–H groups in total. The zero-order valence-electron chi connectivity index (χ0n) is 14.1. The quantitative estimate of drug-likeness (QED) is 0.719. The molecule has 2 rings (SSSR count). The summed E-state index contributed by atoms with van der Waals surface area (Å²) in [6.45, 7) is 5.93. The summed E-state index contributed by atoms with van der Waals surface area (Å²) >= 11 is 3.28. The van der Waals surface area contributed by atoms with E-state index in [9.17, 15) is 14.4 Å². The zero-order chi connectivity index (χ0) is 18.1. The Morgan fingerprint density at radius 3 is 2.50 bits per heavy atom. The van der Waals surface area contributed by atoms with Crippen LogP contribution < -0.4 is 11.1 Å². The summed E-state index contributed by atoms with van der Waals surface area (Å²) in [7, 11) is 0. The van der Waals surface area contributed by atoms with Crippen LogP contribution in [0.15, 0.2) is 22.7 Å². The first-order chi connectivity index (χ1) is 11.2. The first-order valence-corrected chi connectivity index (χ1v) is 8.63. The highest BCUT2D eigenvalue weighted by atomic mass is 79.9. The van der Waals surface area contributed by atoms with E-state index in [4.69, 9.17) is 5.73 Å². The third kappa shape index (κ3) is 3.84. The molecule has 1 atom stereocenters. The van der Waals surface area contributed by atoms with Gasteiger partial charge in [-0.15, -0.1) is 0 Å². The van der Waals surface area contributed by atoms with Crippen molar-refractivity contribution < 1.29 is 14.4 Å². The van der Waals surface area contributed by atoms with Crippen molar-refractivity contribution >= 4 is 33.7 Å². The Labute approximate surface area is 149 Å². The number of imide groups is 1. The van der Waals surface area contributed by atoms with Gasteiger partial charge in [0.15, 0.2) is 0 Å². The van der Waals surface area contributed by atoms with Gasteiger partial charge >= 0.3 is 0 Å². The lowest BCUT2D eigenvalue weighted by molar-refractivity contribution is -0.123. The lowest BCUT2D eigenvalue weighted by Gasteiger charge is -2.31. The van der Waals surface area contributed by atoms with E-state index < -0.39 is 23.3 Å². The van der Waals surface area contributed by atoms with Crippen molar-refractivity contribution in [2.75, 3.05) is 13.1 Å². The minimum absolute atomic E-state index is 0.284. The number of rotatable bonds is 6. The van der Waals surface area contributed by atoms with Crippen molar-refractivity contribution in [3.63, 3.8) is 0 Å². The fraction of sp³-hybridized carbons (Fsp3) is 0.471. The monoisotopic (exact) mass is 395 g/mol. The second-order valence-electron chi connectivity index (χ2n) is 6.80. The second kappa shape index (κ2) is 7.03. The van der Waals surface area contributed by atoms with Crippen LogP contribution >= 0.6 is 15.9 Å². The molecule has 1 unspecified atom stereocenters. The first kappa shape index (κ1) is 18.6. The van der Waals surface area contributed by atoms with Crippen molar-refractivity contribution in [2.45, 2.75) is 32.7 Å². The molecule has 1 aliphatic rings. The minimum atomic E-state index is -0.563. The molecule has 130 valence electrons. The molecule has 3 amide bonds. The standard InChI is InChI=1S/C17H22BrN3O3/c1-10(2)7-17(3,9-19)20-14(22)8-21-15(23)12-5-4-11(18)6-13(12)16(21)24/h4-6,10H,7-9,19H2,1-3H3,(H,20,22). The van der Waals surface area contributed by atoms with Gasteiger partial charge in [0.1, 0.15) is 6.54 Å². The van der Waals surface area contributed by atoms with Gasteiger partial charge in [-0.1, -0.05) is 29.8 Å². The summed E-state index contributed by atoms with van der Waals surface area (Å²) < 4.78 is 0.710. The van der Waals surface area contributed by atoms with E-state index in [-0.39, 0.29) is 13.1 Å². The van der Waals surface area contributed by atoms with Crippen molar-refractivity contribution in [3.8, 4) is 0 Å². The van der Waals surface area contributed by atoms with E-state index in [0.717, 1.165) is 4.90 Å². The maximum Gasteiger partial charge on any atom is 0.262 e. The van der Waals surface area contributed by atoms with E-state index in [1.165, 1.54) is 0 Å². The van der Waals surface area contributed by atoms with Crippen LogP contribution in [0.1, 0.15) is 47.9 Å². The SMILES string of the molecule is CC(C)CC(C)(CN)NC(=O)CN1C(=O)c2ccc(Br)cc2C1=O. The molecule has 0 radical (unpaired) electrons. The Morgan fingerprint density at radius 1 is 1.29 bits per heavy atom. The maximum absolute atomic E-state index is 12.4. The molecule has 0 saturated heterocycles. The van der Waals surface area contributed by atoms with Crippen LogP contribution in [0.4, 0.5) is 0 Å². The van der Waals surface area contributed by atoms with Crippen LogP contribution in [0.3, 0.4) is 0 Å². The average molecular weight is 396 g/mol. The normalized spacial score (nSPS) is 16.3. The van der Waals surface area contributed by atoms with Crippen LogP contribution in [-0.4, -0.2) is 41.2 Å². The molecular weight excluding hydrogens is 374 g/mol. The smallest absolute Gasteiger partial charge is 0.262 e. The van der Waals surface area contributed by atoms with Crippen LogP contribution in [-0.2, 0) is 4.79 Å². The Hall–Kier alpha value is -1.73. The van der Waals surface area contributed by atoms with Gasteiger partial charge in [-0.2, -0.15) is 0 Å². The number of hydrogen-bond acceptors (Lipinski definition) is 4. The lowest BCUT2D eigenvalue weighted by Crippen LogP contribution is -2.54. The summed E-state index contributed by atoms with van der Waals surface area (Å²) in [6, 6.07) is 4.87. The van der Waals surface area contributed by atoms with Crippen molar-refractivity contribution in [3.05, 3.63) is 33.8 Å². The molecule has 6 nitrogen and oxygen atoms in total. The zero-order valence-corrected chi connectivity index (χ0v) is 15.6. The third-order valence-electron chi connectivity index (χ3n) is 3.98. The number of carbonyl (C=O) groups excluding carboxylic acids is 3. The number of amides is 3. The van der Waals surface area contributed by atoms with Crippen molar-refractivity contribution in [2.24, 2.45) is 11.7 Å². The molecule has 0 aromatic heterocycles. The molecule has 0 saturated carbocycles. The van der Waals surface area contributed by atoms with Gasteiger partial charge in [-0.25, -0.2) is 0 Å². The molecule has 7 heteroatoms. The molecule has 0 bridgehead atoms. The lowest BCUT2D eigenvalue weighted by atomic mass is 9.90. The number of carbonyl (C=O) groups is 3. The Morgan fingerprint density at radius 2 is 1.92 bits per heavy atom. The molecule has 0 spiro atoms. The fourth-order valence-electron chi connectivity index (χ4n) is 3.01. The predicted octanol–water partition coefficient (Wildman–Crippen LogP) is 1.92. The summed E-state index contributed by atoms with van der Waals surface area (Å²) in [4.78, 5) is 38.1. The second-order valence-corrected chi connectivity index (χ2v) is 7.71. The third-order valence-corrected chi connectivity index (χ3v) is 4.48. The van der Waals surface area contributed by atoms with Gasteiger partial charge in [-0.05, 0) is 37.5 Å². The molecule has 24 heavy (non-hydrogen) atoms. The van der Waals surface area contributed by atoms with Gasteiger partial charge in [-0.3, -0.25) is 19.3 Å². The first-order valence-electron chi connectivity index (χ1n) is 7.83. The summed E-state index contributed by atoms with van der Waals surface area (Å²) in [5.41, 5.74) is 5.85. The molecule has 0 fully saturated rings. The maximum atomic E-state index is 12.4. The highest BCUT2D eigenvalue weighted by molar-refractivity contribution is 9.10. The van der Waals surface area contributed by atoms with Gasteiger partial charge in [0.2, 0.25) is 5.91 Å². The van der Waals surface area contributed by atoms with Crippen LogP contribution in [0.25, 0.3) is 0 Å². The average Bonchev–Trinajstić information content (AvgIpc) is 2.71. The van der Waals surface area contributed by atoms with Crippen LogP contribution in [0.2, 0.25) is 0 Å². The summed E-state index contributed by atoms with van der Waals surface area (Å²) in [6.07, 6.45) is 0.713. The Balaban J connectivity index is 2.10. The minimum Gasteiger partial charge on any atom is -0.348 e. The van der Waals surface area contributed by atoms with E-state index in [2.05, 4.69) is 21.2 Å². The number of fused-ring (bicyclic) bond motifs is 1. The highest BCUT2D eigenvalue weighted by Crippen LogP contribution is 2.26. The highest BCUT2D eigenvalue weighted by Gasteiger charge is 2.37. The molecule has 1 aromatic rings. The van der Waals surface area contributed by atoms with Crippen molar-refractivity contribution in [1.29, 1.82) is 0 Å². The van der Waals surface area contributed by atoms with Gasteiger partial charge in [0.25, 0.3) is 11.8 Å². The topological polar surface area (TPSA) is 92.5 Å². The molecule has 0 aliphatic carbocycles. The van der Waals surface area contributed by atoms with Crippen LogP contribution in [0.5, 0.6) is 0 Å². The van der Waals surface area contributed by atoms with Crippen molar-refractivity contribution in [1.82, 2.24) is 10.2 Å². The largest absolute Gasteiger partial charge is 0.348 e. The van der Waals surface area contributed by atoms with Gasteiger partial charge in [0, 0.05) is 16.6 Å². The Kier molecular flexibility index (Phi) is 5.45.